The zero-order valence-corrected chi connectivity index (χ0v) is 10.00. The minimum Gasteiger partial charge on any atom is -0.430 e. The molecule has 0 aliphatic rings. The molecule has 0 heterocycles. The molecule has 0 saturated heterocycles. The Morgan fingerprint density at radius 1 is 1.33 bits per heavy atom. The van der Waals surface area contributed by atoms with Crippen molar-refractivity contribution in [2.75, 3.05) is 0 Å². The summed E-state index contributed by atoms with van der Waals surface area (Å²) in [5.74, 6) is -0.944. The van der Waals surface area contributed by atoms with Crippen LogP contribution in [0.5, 0.6) is 0 Å². The summed E-state index contributed by atoms with van der Waals surface area (Å²) in [4.78, 5) is 22.4. The number of benzene rings is 1. The van der Waals surface area contributed by atoms with Crippen molar-refractivity contribution in [3.8, 4) is 0 Å². The Bertz CT molecular complexity index is 433. The van der Waals surface area contributed by atoms with Crippen LogP contribution >= 0.6 is 0 Å². The molecule has 1 rings (SSSR count). The van der Waals surface area contributed by atoms with Crippen molar-refractivity contribution < 1.29 is 19.4 Å². The maximum absolute atomic E-state index is 11.5. The summed E-state index contributed by atoms with van der Waals surface area (Å²) in [6.07, 6.45) is -2.47. The fourth-order valence-corrected chi connectivity index (χ4v) is 1.69. The van der Waals surface area contributed by atoms with Gasteiger partial charge in [0.15, 0.2) is 0 Å². The third-order valence-corrected chi connectivity index (χ3v) is 2.68. The Hall–Kier alpha value is -2.08. The molecule has 0 aliphatic heterocycles. The van der Waals surface area contributed by atoms with E-state index < -0.39 is 23.7 Å². The van der Waals surface area contributed by atoms with Crippen molar-refractivity contribution in [2.45, 2.75) is 25.0 Å². The average Bonchev–Trinajstić information content (AvgIpc) is 2.28. The van der Waals surface area contributed by atoms with E-state index in [9.17, 15) is 14.7 Å². The Morgan fingerprint density at radius 2 is 1.89 bits per heavy atom. The maximum Gasteiger partial charge on any atom is 0.405 e. The van der Waals surface area contributed by atoms with Crippen LogP contribution in [0.15, 0.2) is 30.3 Å². The van der Waals surface area contributed by atoms with Crippen molar-refractivity contribution in [1.82, 2.24) is 0 Å². The minimum absolute atomic E-state index is 0.0379. The summed E-state index contributed by atoms with van der Waals surface area (Å²) in [6.45, 7) is 1.32. The molecule has 6 nitrogen and oxygen atoms in total. The van der Waals surface area contributed by atoms with Crippen LogP contribution < -0.4 is 11.5 Å². The van der Waals surface area contributed by atoms with Gasteiger partial charge in [-0.2, -0.15) is 0 Å². The van der Waals surface area contributed by atoms with Gasteiger partial charge in [0.2, 0.25) is 5.60 Å². The lowest BCUT2D eigenvalue weighted by atomic mass is 9.88. The van der Waals surface area contributed by atoms with Crippen molar-refractivity contribution in [1.29, 1.82) is 0 Å². The number of hydrogen-bond acceptors (Lipinski definition) is 4. The lowest BCUT2D eigenvalue weighted by Crippen LogP contribution is -2.57. The van der Waals surface area contributed by atoms with Crippen LogP contribution in [0.25, 0.3) is 0 Å². The topological polar surface area (TPSA) is 116 Å². The largest absolute Gasteiger partial charge is 0.430 e. The Balaban J connectivity index is 3.10. The van der Waals surface area contributed by atoms with E-state index in [2.05, 4.69) is 0 Å². The zero-order chi connectivity index (χ0) is 13.8. The van der Waals surface area contributed by atoms with Crippen LogP contribution in [0, 0.1) is 0 Å². The van der Waals surface area contributed by atoms with Crippen LogP contribution in [0.2, 0.25) is 0 Å². The molecular formula is C12H16N2O4. The van der Waals surface area contributed by atoms with Gasteiger partial charge >= 0.3 is 6.09 Å². The normalized spacial score (nSPS) is 15.4. The zero-order valence-electron chi connectivity index (χ0n) is 10.00. The van der Waals surface area contributed by atoms with Crippen LogP contribution in [0.3, 0.4) is 0 Å². The van der Waals surface area contributed by atoms with Crippen molar-refractivity contribution in [3.63, 3.8) is 0 Å². The predicted octanol–water partition coefficient (Wildman–Crippen LogP) is -0.0707. The quantitative estimate of drug-likeness (QED) is 0.680. The molecule has 98 valence electrons. The first-order chi connectivity index (χ1) is 8.38. The number of ether oxygens (including phenoxy) is 1. The highest BCUT2D eigenvalue weighted by Crippen LogP contribution is 2.22. The van der Waals surface area contributed by atoms with Crippen LogP contribution in [-0.4, -0.2) is 28.8 Å². The molecule has 2 amide bonds. The summed E-state index contributed by atoms with van der Waals surface area (Å²) in [7, 11) is 0. The fraction of sp³-hybridized carbons (Fsp3) is 0.333. The maximum atomic E-state index is 11.5. The van der Waals surface area contributed by atoms with Gasteiger partial charge in [-0.25, -0.2) is 4.79 Å². The van der Waals surface area contributed by atoms with Gasteiger partial charge in [0, 0.05) is 6.42 Å². The van der Waals surface area contributed by atoms with Gasteiger partial charge in [0.1, 0.15) is 6.10 Å². The van der Waals surface area contributed by atoms with Gasteiger partial charge in [0.05, 0.1) is 0 Å². The number of nitrogens with two attached hydrogens (primary N) is 2. The number of aliphatic hydroxyl groups is 1. The highest BCUT2D eigenvalue weighted by atomic mass is 16.6. The van der Waals surface area contributed by atoms with Crippen LogP contribution in [-0.2, 0) is 16.0 Å². The molecule has 2 atom stereocenters. The average molecular weight is 252 g/mol. The highest BCUT2D eigenvalue weighted by molar-refractivity contribution is 5.87. The number of amides is 2. The summed E-state index contributed by atoms with van der Waals surface area (Å²) in [5, 5.41) is 9.71. The number of carbonyl (C=O) groups is 2. The number of hydrogen-bond donors (Lipinski definition) is 3. The summed E-state index contributed by atoms with van der Waals surface area (Å²) < 4.78 is 4.78. The molecule has 0 aromatic heterocycles. The molecular weight excluding hydrogens is 236 g/mol. The Labute approximate surface area is 105 Å². The monoisotopic (exact) mass is 252 g/mol. The smallest absolute Gasteiger partial charge is 0.405 e. The molecule has 0 bridgehead atoms. The van der Waals surface area contributed by atoms with E-state index >= 15 is 0 Å². The fourth-order valence-electron chi connectivity index (χ4n) is 1.69. The second-order valence-electron chi connectivity index (χ2n) is 4.01. The van der Waals surface area contributed by atoms with Gasteiger partial charge < -0.3 is 21.3 Å². The van der Waals surface area contributed by atoms with E-state index in [4.69, 9.17) is 16.2 Å². The SMILES string of the molecule is C[C@H](O)[C@@](Cc1ccccc1)(OC(N)=O)C(N)=O. The number of carbonyl (C=O) groups excluding carboxylic acids is 2. The number of rotatable bonds is 5. The van der Waals surface area contributed by atoms with Gasteiger partial charge in [-0.05, 0) is 12.5 Å². The highest BCUT2D eigenvalue weighted by Gasteiger charge is 2.45. The second-order valence-corrected chi connectivity index (χ2v) is 4.01. The molecule has 0 radical (unpaired) electrons. The van der Waals surface area contributed by atoms with Crippen LogP contribution in [0.1, 0.15) is 12.5 Å². The summed E-state index contributed by atoms with van der Waals surface area (Å²) >= 11 is 0. The van der Waals surface area contributed by atoms with Gasteiger partial charge in [0.25, 0.3) is 5.91 Å². The number of aliphatic hydroxyl groups excluding tert-OH is 1. The Kier molecular flexibility index (Phi) is 4.28. The van der Waals surface area contributed by atoms with E-state index in [0.717, 1.165) is 0 Å². The molecule has 1 aromatic rings. The minimum atomic E-state index is -1.85. The van der Waals surface area contributed by atoms with Crippen molar-refractivity contribution in [3.05, 3.63) is 35.9 Å². The predicted molar refractivity (Wildman–Crippen MR) is 64.4 cm³/mol. The van der Waals surface area contributed by atoms with Gasteiger partial charge in [-0.1, -0.05) is 30.3 Å². The van der Waals surface area contributed by atoms with E-state index in [-0.39, 0.29) is 6.42 Å². The molecule has 0 aliphatic carbocycles. The molecule has 18 heavy (non-hydrogen) atoms. The second kappa shape index (κ2) is 5.50. The van der Waals surface area contributed by atoms with Gasteiger partial charge in [-0.15, -0.1) is 0 Å². The summed E-state index contributed by atoms with van der Waals surface area (Å²) in [5.41, 5.74) is 9.00. The third-order valence-electron chi connectivity index (χ3n) is 2.68. The molecule has 0 spiro atoms. The van der Waals surface area contributed by atoms with Crippen LogP contribution in [0.4, 0.5) is 4.79 Å². The lowest BCUT2D eigenvalue weighted by molar-refractivity contribution is -0.147. The standard InChI is InChI=1S/C12H16N2O4/c1-8(15)12(10(13)16,18-11(14)17)7-9-5-3-2-4-6-9/h2-6,8,15H,7H2,1H3,(H2,13,16)(H2,14,17)/t8-,12+/m0/s1. The first kappa shape index (κ1) is 14.0. The van der Waals surface area contributed by atoms with Gasteiger partial charge in [-0.3, -0.25) is 4.79 Å². The van der Waals surface area contributed by atoms with E-state index in [1.165, 1.54) is 6.92 Å². The number of primary amides is 2. The lowest BCUT2D eigenvalue weighted by Gasteiger charge is -2.32. The first-order valence-electron chi connectivity index (χ1n) is 5.39. The van der Waals surface area contributed by atoms with E-state index in [1.807, 2.05) is 0 Å². The first-order valence-corrected chi connectivity index (χ1v) is 5.39. The Morgan fingerprint density at radius 3 is 2.28 bits per heavy atom. The molecule has 0 unspecified atom stereocenters. The van der Waals surface area contributed by atoms with E-state index in [0.29, 0.717) is 5.56 Å². The molecule has 1 aromatic carbocycles. The van der Waals surface area contributed by atoms with Crippen molar-refractivity contribution >= 4 is 12.0 Å². The molecule has 5 N–H and O–H groups in total. The van der Waals surface area contributed by atoms with Crippen molar-refractivity contribution in [2.24, 2.45) is 11.5 Å². The third kappa shape index (κ3) is 2.98. The molecule has 6 heteroatoms. The molecule has 0 saturated carbocycles. The summed E-state index contributed by atoms with van der Waals surface area (Å²) in [6, 6.07) is 8.77. The molecule has 0 fully saturated rings. The van der Waals surface area contributed by atoms with E-state index in [1.54, 1.807) is 30.3 Å².